The van der Waals surface area contributed by atoms with Gasteiger partial charge in [-0.25, -0.2) is 9.78 Å². The lowest BCUT2D eigenvalue weighted by Crippen LogP contribution is -2.19. The smallest absolute Gasteiger partial charge is 0.323 e. The number of aromatic nitrogens is 2. The van der Waals surface area contributed by atoms with Gasteiger partial charge in [0.25, 0.3) is 5.56 Å². The minimum Gasteiger partial charge on any atom is -0.454 e. The molecule has 9 heteroatoms. The molecule has 1 aliphatic heterocycles. The summed E-state index contributed by atoms with van der Waals surface area (Å²) in [7, 11) is 0. The molecule has 0 radical (unpaired) electrons. The first-order chi connectivity index (χ1) is 16.0. The van der Waals surface area contributed by atoms with Crippen molar-refractivity contribution < 1.29 is 14.3 Å². The van der Waals surface area contributed by atoms with Gasteiger partial charge in [0.05, 0.1) is 11.4 Å². The Bertz CT molecular complexity index is 1420. The average Bonchev–Trinajstić information content (AvgIpc) is 3.27. The topological polar surface area (TPSA) is 94.0 Å². The number of pyridine rings is 1. The molecule has 0 unspecified atom stereocenters. The molecule has 2 N–H and O–H groups in total. The number of carbonyl (C=O) groups excluding carboxylic acids is 1. The first kappa shape index (κ1) is 20.9. The second-order valence-electron chi connectivity index (χ2n) is 7.45. The fraction of sp³-hybridized carbons (Fsp3) is 0.125. The summed E-state index contributed by atoms with van der Waals surface area (Å²) >= 11 is 1.50. The van der Waals surface area contributed by atoms with Gasteiger partial charge in [0.2, 0.25) is 6.79 Å². The lowest BCUT2D eigenvalue weighted by Gasteiger charge is -2.12. The zero-order valence-electron chi connectivity index (χ0n) is 17.7. The highest BCUT2D eigenvalue weighted by molar-refractivity contribution is 7.98. The lowest BCUT2D eigenvalue weighted by molar-refractivity contribution is 0.174. The number of aryl methyl sites for hydroxylation is 1. The molecule has 2 amide bonds. The van der Waals surface area contributed by atoms with Crippen molar-refractivity contribution in [3.05, 3.63) is 88.5 Å². The Morgan fingerprint density at radius 2 is 1.91 bits per heavy atom. The molecule has 0 spiro atoms. The third-order valence-electron chi connectivity index (χ3n) is 5.00. The van der Waals surface area contributed by atoms with Crippen LogP contribution < -0.4 is 25.7 Å². The van der Waals surface area contributed by atoms with Gasteiger partial charge in [0.1, 0.15) is 5.65 Å². The van der Waals surface area contributed by atoms with Gasteiger partial charge in [-0.2, -0.15) is 0 Å². The van der Waals surface area contributed by atoms with Crippen molar-refractivity contribution in [3.63, 3.8) is 0 Å². The van der Waals surface area contributed by atoms with E-state index in [9.17, 15) is 9.59 Å². The second-order valence-corrected chi connectivity index (χ2v) is 8.47. The van der Waals surface area contributed by atoms with Crippen molar-refractivity contribution in [1.29, 1.82) is 0 Å². The molecule has 166 valence electrons. The summed E-state index contributed by atoms with van der Waals surface area (Å²) in [6.45, 7) is 2.11. The van der Waals surface area contributed by atoms with Crippen LogP contribution in [0, 0.1) is 6.92 Å². The minimum absolute atomic E-state index is 0.117. The second kappa shape index (κ2) is 8.87. The van der Waals surface area contributed by atoms with Crippen LogP contribution in [0.25, 0.3) is 5.65 Å². The molecule has 8 nitrogen and oxygen atoms in total. The van der Waals surface area contributed by atoms with E-state index in [1.807, 2.05) is 43.3 Å². The van der Waals surface area contributed by atoms with E-state index in [1.165, 1.54) is 11.8 Å². The molecule has 4 aromatic rings. The van der Waals surface area contributed by atoms with Gasteiger partial charge in [0, 0.05) is 34.7 Å². The standard InChI is InChI=1S/C24H20N4O4S/c1-15-6-9-22-25-17(11-23(29)28(22)12-15)13-33-21-5-3-2-4-18(21)27-24(30)26-16-7-8-19-20(10-16)32-14-31-19/h2-12H,13-14H2,1H3,(H2,26,27,30). The Morgan fingerprint density at radius 1 is 1.06 bits per heavy atom. The van der Waals surface area contributed by atoms with Crippen LogP contribution >= 0.6 is 11.8 Å². The molecular formula is C24H20N4O4S. The summed E-state index contributed by atoms with van der Waals surface area (Å²) in [5, 5.41) is 5.68. The maximum Gasteiger partial charge on any atom is 0.323 e. The first-order valence-corrected chi connectivity index (χ1v) is 11.2. The summed E-state index contributed by atoms with van der Waals surface area (Å²) in [6, 6.07) is 17.6. The van der Waals surface area contributed by atoms with Gasteiger partial charge < -0.3 is 20.1 Å². The molecule has 33 heavy (non-hydrogen) atoms. The molecule has 3 heterocycles. The summed E-state index contributed by atoms with van der Waals surface area (Å²) in [6.07, 6.45) is 1.78. The van der Waals surface area contributed by atoms with Gasteiger partial charge >= 0.3 is 6.03 Å². The Balaban J connectivity index is 1.28. The summed E-state index contributed by atoms with van der Waals surface area (Å²) in [4.78, 5) is 30.5. The quantitative estimate of drug-likeness (QED) is 0.421. The van der Waals surface area contributed by atoms with E-state index in [1.54, 1.807) is 34.9 Å². The van der Waals surface area contributed by atoms with E-state index in [0.717, 1.165) is 10.5 Å². The van der Waals surface area contributed by atoms with Crippen LogP contribution in [-0.4, -0.2) is 22.2 Å². The Morgan fingerprint density at radius 3 is 2.82 bits per heavy atom. The average molecular weight is 461 g/mol. The molecule has 0 atom stereocenters. The summed E-state index contributed by atoms with van der Waals surface area (Å²) in [5.74, 6) is 1.74. The van der Waals surface area contributed by atoms with Crippen molar-refractivity contribution >= 4 is 34.8 Å². The van der Waals surface area contributed by atoms with Crippen molar-refractivity contribution in [2.24, 2.45) is 0 Å². The highest BCUT2D eigenvalue weighted by atomic mass is 32.2. The van der Waals surface area contributed by atoms with Crippen LogP contribution in [0.2, 0.25) is 0 Å². The van der Waals surface area contributed by atoms with E-state index in [0.29, 0.717) is 40.0 Å². The van der Waals surface area contributed by atoms with Gasteiger partial charge in [-0.1, -0.05) is 18.2 Å². The Labute approximate surface area is 193 Å². The largest absolute Gasteiger partial charge is 0.454 e. The molecule has 0 saturated heterocycles. The Hall–Kier alpha value is -3.98. The van der Waals surface area contributed by atoms with Crippen LogP contribution in [0.5, 0.6) is 11.5 Å². The fourth-order valence-electron chi connectivity index (χ4n) is 3.44. The van der Waals surface area contributed by atoms with E-state index >= 15 is 0 Å². The monoisotopic (exact) mass is 460 g/mol. The van der Waals surface area contributed by atoms with Gasteiger partial charge in [-0.3, -0.25) is 9.20 Å². The third kappa shape index (κ3) is 4.63. The van der Waals surface area contributed by atoms with Gasteiger partial charge in [-0.05, 0) is 42.8 Å². The summed E-state index contributed by atoms with van der Waals surface area (Å²) < 4.78 is 12.2. The number of para-hydroxylation sites is 1. The number of urea groups is 1. The summed E-state index contributed by atoms with van der Waals surface area (Å²) in [5.41, 5.74) is 3.42. The molecule has 5 rings (SSSR count). The molecule has 0 saturated carbocycles. The number of rotatable bonds is 5. The number of fused-ring (bicyclic) bond motifs is 2. The molecule has 0 bridgehead atoms. The number of hydrogen-bond acceptors (Lipinski definition) is 6. The minimum atomic E-state index is -0.376. The molecule has 1 aliphatic rings. The van der Waals surface area contributed by atoms with E-state index in [2.05, 4.69) is 15.6 Å². The number of benzene rings is 2. The van der Waals surface area contributed by atoms with Crippen molar-refractivity contribution in [3.8, 4) is 11.5 Å². The molecule has 0 aliphatic carbocycles. The van der Waals surface area contributed by atoms with E-state index in [4.69, 9.17) is 9.47 Å². The van der Waals surface area contributed by atoms with Crippen LogP contribution in [-0.2, 0) is 5.75 Å². The van der Waals surface area contributed by atoms with Crippen LogP contribution in [0.3, 0.4) is 0 Å². The van der Waals surface area contributed by atoms with Crippen molar-refractivity contribution in [2.45, 2.75) is 17.6 Å². The van der Waals surface area contributed by atoms with E-state index in [-0.39, 0.29) is 18.4 Å². The van der Waals surface area contributed by atoms with Crippen molar-refractivity contribution in [2.75, 3.05) is 17.4 Å². The number of anilines is 2. The molecule has 2 aromatic heterocycles. The molecule has 0 fully saturated rings. The maximum atomic E-state index is 12.6. The highest BCUT2D eigenvalue weighted by Crippen LogP contribution is 2.34. The first-order valence-electron chi connectivity index (χ1n) is 10.2. The van der Waals surface area contributed by atoms with Gasteiger partial charge in [-0.15, -0.1) is 11.8 Å². The number of thioether (sulfide) groups is 1. The third-order valence-corrected chi connectivity index (χ3v) is 6.11. The highest BCUT2D eigenvalue weighted by Gasteiger charge is 2.15. The number of hydrogen-bond donors (Lipinski definition) is 2. The predicted octanol–water partition coefficient (Wildman–Crippen LogP) is 4.67. The van der Waals surface area contributed by atoms with Gasteiger partial charge in [0.15, 0.2) is 11.5 Å². The van der Waals surface area contributed by atoms with Crippen LogP contribution in [0.15, 0.2) is 76.6 Å². The fourth-order valence-corrected chi connectivity index (χ4v) is 4.34. The maximum absolute atomic E-state index is 12.6. The van der Waals surface area contributed by atoms with Crippen LogP contribution in [0.1, 0.15) is 11.3 Å². The number of nitrogens with one attached hydrogen (secondary N) is 2. The number of carbonyl (C=O) groups is 1. The molecule has 2 aromatic carbocycles. The molecular weight excluding hydrogens is 440 g/mol. The lowest BCUT2D eigenvalue weighted by atomic mass is 10.3. The zero-order chi connectivity index (χ0) is 22.8. The van der Waals surface area contributed by atoms with E-state index < -0.39 is 0 Å². The Kier molecular flexibility index (Phi) is 5.62. The normalized spacial score (nSPS) is 12.0. The van der Waals surface area contributed by atoms with Crippen LogP contribution in [0.4, 0.5) is 16.2 Å². The number of nitrogens with zero attached hydrogens (tertiary/aromatic N) is 2. The predicted molar refractivity (Wildman–Crippen MR) is 127 cm³/mol. The number of amides is 2. The zero-order valence-corrected chi connectivity index (χ0v) is 18.5. The number of ether oxygens (including phenoxy) is 2. The van der Waals surface area contributed by atoms with Crippen molar-refractivity contribution in [1.82, 2.24) is 9.38 Å². The SMILES string of the molecule is Cc1ccc2nc(CSc3ccccc3NC(=O)Nc3ccc4c(c3)OCO4)cc(=O)n2c1.